The Bertz CT molecular complexity index is 370. The molecule has 0 saturated heterocycles. The summed E-state index contributed by atoms with van der Waals surface area (Å²) in [6.45, 7) is 7.74. The van der Waals surface area contributed by atoms with Crippen LogP contribution in [0.4, 0.5) is 0 Å². The highest BCUT2D eigenvalue weighted by atomic mass is 32.2. The van der Waals surface area contributed by atoms with Crippen LogP contribution in [-0.2, 0) is 9.84 Å². The zero-order valence-corrected chi connectivity index (χ0v) is 14.6. The normalized spacial score (nSPS) is 20.4. The van der Waals surface area contributed by atoms with Crippen LogP contribution in [0.25, 0.3) is 0 Å². The molecule has 0 aromatic carbocycles. The summed E-state index contributed by atoms with van der Waals surface area (Å²) in [7, 11) is -2.83. The first-order valence-electron chi connectivity index (χ1n) is 8.20. The molecule has 3 nitrogen and oxygen atoms in total. The minimum Gasteiger partial charge on any atom is -0.314 e. The zero-order valence-electron chi connectivity index (χ0n) is 13.7. The number of hydrogen-bond donors (Lipinski definition) is 1. The van der Waals surface area contributed by atoms with Crippen molar-refractivity contribution in [2.45, 2.75) is 71.8 Å². The standard InChI is InChI=1S/C16H33NO2S/c1-5-17-15(9-8-12-20(4,18)19)16(13-14(2)3)10-6-7-11-16/h14-15,17H,5-13H2,1-4H3. The molecule has 1 aliphatic carbocycles. The Labute approximate surface area is 125 Å². The molecule has 20 heavy (non-hydrogen) atoms. The zero-order chi connectivity index (χ0) is 15.2. The summed E-state index contributed by atoms with van der Waals surface area (Å²) in [5.74, 6) is 1.04. The van der Waals surface area contributed by atoms with E-state index in [9.17, 15) is 8.42 Å². The van der Waals surface area contributed by atoms with Gasteiger partial charge in [-0.05, 0) is 50.0 Å². The van der Waals surface area contributed by atoms with E-state index >= 15 is 0 Å². The van der Waals surface area contributed by atoms with Crippen LogP contribution in [0.5, 0.6) is 0 Å². The van der Waals surface area contributed by atoms with Crippen LogP contribution < -0.4 is 5.32 Å². The van der Waals surface area contributed by atoms with E-state index in [2.05, 4.69) is 26.1 Å². The second-order valence-corrected chi connectivity index (χ2v) is 9.31. The highest BCUT2D eigenvalue weighted by Gasteiger charge is 2.40. The average Bonchev–Trinajstić information content (AvgIpc) is 2.75. The number of sulfone groups is 1. The number of nitrogens with one attached hydrogen (secondary N) is 1. The van der Waals surface area contributed by atoms with Crippen molar-refractivity contribution in [3.8, 4) is 0 Å². The highest BCUT2D eigenvalue weighted by molar-refractivity contribution is 7.90. The van der Waals surface area contributed by atoms with Crippen molar-refractivity contribution in [2.24, 2.45) is 11.3 Å². The van der Waals surface area contributed by atoms with E-state index in [4.69, 9.17) is 0 Å². The molecule has 1 atom stereocenters. The topological polar surface area (TPSA) is 46.2 Å². The fourth-order valence-electron chi connectivity index (χ4n) is 4.01. The van der Waals surface area contributed by atoms with Crippen molar-refractivity contribution in [3.05, 3.63) is 0 Å². The van der Waals surface area contributed by atoms with E-state index in [0.717, 1.165) is 19.4 Å². The SMILES string of the molecule is CCNC(CCCS(C)(=O)=O)C1(CC(C)C)CCCC1. The van der Waals surface area contributed by atoms with Gasteiger partial charge >= 0.3 is 0 Å². The van der Waals surface area contributed by atoms with Gasteiger partial charge in [0.05, 0.1) is 0 Å². The van der Waals surface area contributed by atoms with E-state index in [-0.39, 0.29) is 0 Å². The van der Waals surface area contributed by atoms with E-state index in [1.807, 2.05) is 0 Å². The van der Waals surface area contributed by atoms with Crippen molar-refractivity contribution >= 4 is 9.84 Å². The van der Waals surface area contributed by atoms with Gasteiger partial charge < -0.3 is 5.32 Å². The van der Waals surface area contributed by atoms with Gasteiger partial charge in [-0.1, -0.05) is 33.6 Å². The lowest BCUT2D eigenvalue weighted by atomic mass is 9.71. The van der Waals surface area contributed by atoms with E-state index in [1.165, 1.54) is 38.4 Å². The molecule has 0 aliphatic heterocycles. The summed E-state index contributed by atoms with van der Waals surface area (Å²) < 4.78 is 22.7. The molecule has 120 valence electrons. The Balaban J connectivity index is 2.70. The maximum Gasteiger partial charge on any atom is 0.147 e. The van der Waals surface area contributed by atoms with Crippen LogP contribution in [0.1, 0.15) is 65.7 Å². The Morgan fingerprint density at radius 2 is 1.80 bits per heavy atom. The summed E-state index contributed by atoms with van der Waals surface area (Å²) in [5, 5.41) is 3.66. The molecule has 1 rings (SSSR count). The van der Waals surface area contributed by atoms with Gasteiger partial charge in [-0.3, -0.25) is 0 Å². The largest absolute Gasteiger partial charge is 0.314 e. The Morgan fingerprint density at radius 1 is 1.20 bits per heavy atom. The lowest BCUT2D eigenvalue weighted by Crippen LogP contribution is -2.45. The summed E-state index contributed by atoms with van der Waals surface area (Å²) in [4.78, 5) is 0. The molecule has 4 heteroatoms. The summed E-state index contributed by atoms with van der Waals surface area (Å²) in [5.41, 5.74) is 0.404. The molecule has 0 heterocycles. The molecule has 0 spiro atoms. The smallest absolute Gasteiger partial charge is 0.147 e. The van der Waals surface area contributed by atoms with Crippen LogP contribution in [-0.4, -0.2) is 33.0 Å². The maximum atomic E-state index is 11.3. The van der Waals surface area contributed by atoms with Crippen LogP contribution >= 0.6 is 0 Å². The third-order valence-electron chi connectivity index (χ3n) is 4.61. The van der Waals surface area contributed by atoms with Gasteiger partial charge in [-0.15, -0.1) is 0 Å². The molecule has 0 aromatic rings. The first kappa shape index (κ1) is 18.0. The van der Waals surface area contributed by atoms with Gasteiger partial charge in [-0.25, -0.2) is 8.42 Å². The third kappa shape index (κ3) is 5.72. The van der Waals surface area contributed by atoms with Crippen molar-refractivity contribution < 1.29 is 8.42 Å². The first-order chi connectivity index (χ1) is 9.29. The minimum atomic E-state index is -2.83. The number of hydrogen-bond acceptors (Lipinski definition) is 3. The summed E-state index contributed by atoms with van der Waals surface area (Å²) in [6, 6.07) is 0.485. The summed E-state index contributed by atoms with van der Waals surface area (Å²) in [6.07, 6.45) is 9.67. The van der Waals surface area contributed by atoms with Crippen LogP contribution in [0.3, 0.4) is 0 Å². The molecule has 0 radical (unpaired) electrons. The van der Waals surface area contributed by atoms with Crippen molar-refractivity contribution in [2.75, 3.05) is 18.6 Å². The number of rotatable bonds is 9. The van der Waals surface area contributed by atoms with Gasteiger partial charge in [0.1, 0.15) is 9.84 Å². The second kappa shape index (κ2) is 7.79. The second-order valence-electron chi connectivity index (χ2n) is 7.05. The van der Waals surface area contributed by atoms with Gasteiger partial charge in [0.2, 0.25) is 0 Å². The fraction of sp³-hybridized carbons (Fsp3) is 1.00. The lowest BCUT2D eigenvalue weighted by Gasteiger charge is -2.40. The van der Waals surface area contributed by atoms with Gasteiger partial charge in [0, 0.05) is 18.1 Å². The lowest BCUT2D eigenvalue weighted by molar-refractivity contribution is 0.148. The van der Waals surface area contributed by atoms with Gasteiger partial charge in [0.15, 0.2) is 0 Å². The van der Waals surface area contributed by atoms with Gasteiger partial charge in [0.25, 0.3) is 0 Å². The average molecular weight is 304 g/mol. The van der Waals surface area contributed by atoms with Crippen molar-refractivity contribution in [3.63, 3.8) is 0 Å². The minimum absolute atomic E-state index is 0.326. The molecule has 1 saturated carbocycles. The predicted molar refractivity (Wildman–Crippen MR) is 86.8 cm³/mol. The predicted octanol–water partition coefficient (Wildman–Crippen LogP) is 3.40. The van der Waals surface area contributed by atoms with Crippen LogP contribution in [0.15, 0.2) is 0 Å². The molecule has 1 unspecified atom stereocenters. The van der Waals surface area contributed by atoms with Crippen LogP contribution in [0, 0.1) is 11.3 Å². The van der Waals surface area contributed by atoms with Crippen molar-refractivity contribution in [1.29, 1.82) is 0 Å². The molecule has 0 amide bonds. The highest BCUT2D eigenvalue weighted by Crippen LogP contribution is 2.47. The van der Waals surface area contributed by atoms with E-state index in [1.54, 1.807) is 0 Å². The maximum absolute atomic E-state index is 11.3. The molecular weight excluding hydrogens is 270 g/mol. The molecule has 1 aliphatic rings. The fourth-order valence-corrected chi connectivity index (χ4v) is 4.70. The van der Waals surface area contributed by atoms with Crippen LogP contribution in [0.2, 0.25) is 0 Å². The first-order valence-corrected chi connectivity index (χ1v) is 10.3. The quantitative estimate of drug-likeness (QED) is 0.710. The molecule has 1 N–H and O–H groups in total. The molecule has 1 fully saturated rings. The van der Waals surface area contributed by atoms with E-state index < -0.39 is 9.84 Å². The Hall–Kier alpha value is -0.0900. The Morgan fingerprint density at radius 3 is 2.25 bits per heavy atom. The molecule has 0 aromatic heterocycles. The monoisotopic (exact) mass is 303 g/mol. The Kier molecular flexibility index (Phi) is 6.99. The third-order valence-corrected chi connectivity index (χ3v) is 5.64. The molecular formula is C16H33NO2S. The molecule has 0 bridgehead atoms. The van der Waals surface area contributed by atoms with Gasteiger partial charge in [-0.2, -0.15) is 0 Å². The summed E-state index contributed by atoms with van der Waals surface area (Å²) >= 11 is 0. The van der Waals surface area contributed by atoms with E-state index in [0.29, 0.717) is 23.1 Å². The van der Waals surface area contributed by atoms with Crippen molar-refractivity contribution in [1.82, 2.24) is 5.32 Å².